The number of hydrogen-bond donors (Lipinski definition) is 2. The predicted octanol–water partition coefficient (Wildman–Crippen LogP) is 0.981. The largest absolute Gasteiger partial charge is 0.497 e. The molecule has 0 aromatic heterocycles. The first-order valence-electron chi connectivity index (χ1n) is 6.99. The van der Waals surface area contributed by atoms with Gasteiger partial charge in [-0.1, -0.05) is 0 Å². The van der Waals surface area contributed by atoms with Crippen LogP contribution < -0.4 is 20.5 Å². The van der Waals surface area contributed by atoms with Gasteiger partial charge in [-0.3, -0.25) is 14.9 Å². The molecule has 23 heavy (non-hydrogen) atoms. The average molecular weight is 324 g/mol. The van der Waals surface area contributed by atoms with Crippen molar-refractivity contribution < 1.29 is 28.6 Å². The number of amides is 3. The third kappa shape index (κ3) is 7.16. The minimum Gasteiger partial charge on any atom is -0.497 e. The van der Waals surface area contributed by atoms with Crippen LogP contribution in [0.3, 0.4) is 0 Å². The normalized spacial score (nSPS) is 11.2. The minimum absolute atomic E-state index is 0.0876. The highest BCUT2D eigenvalue weighted by Crippen LogP contribution is 2.17. The van der Waals surface area contributed by atoms with Crippen molar-refractivity contribution in [2.75, 3.05) is 13.7 Å². The Bertz CT molecular complexity index is 543. The fourth-order valence-corrected chi connectivity index (χ4v) is 1.61. The van der Waals surface area contributed by atoms with Gasteiger partial charge in [-0.25, -0.2) is 4.79 Å². The van der Waals surface area contributed by atoms with Crippen molar-refractivity contribution in [3.63, 3.8) is 0 Å². The maximum Gasteiger partial charge on any atom is 0.318 e. The zero-order valence-corrected chi connectivity index (χ0v) is 13.0. The Morgan fingerprint density at radius 1 is 1.17 bits per heavy atom. The molecule has 0 aliphatic heterocycles. The van der Waals surface area contributed by atoms with Crippen LogP contribution in [-0.4, -0.2) is 37.7 Å². The number of primary amides is 1. The second-order valence-corrected chi connectivity index (χ2v) is 4.61. The van der Waals surface area contributed by atoms with Gasteiger partial charge in [0.1, 0.15) is 11.5 Å². The summed E-state index contributed by atoms with van der Waals surface area (Å²) in [5.41, 5.74) is 4.80. The van der Waals surface area contributed by atoms with Crippen molar-refractivity contribution in [2.45, 2.75) is 25.9 Å². The molecule has 0 heterocycles. The number of nitrogens with one attached hydrogen (secondary N) is 1. The Morgan fingerprint density at radius 2 is 1.78 bits per heavy atom. The summed E-state index contributed by atoms with van der Waals surface area (Å²) < 4.78 is 15.4. The van der Waals surface area contributed by atoms with Gasteiger partial charge in [0.05, 0.1) is 13.7 Å². The van der Waals surface area contributed by atoms with Gasteiger partial charge in [-0.15, -0.1) is 0 Å². The first kappa shape index (κ1) is 18.3. The van der Waals surface area contributed by atoms with Crippen LogP contribution in [0.25, 0.3) is 0 Å². The molecule has 3 amide bonds. The molecule has 1 aromatic rings. The third-order valence-corrected chi connectivity index (χ3v) is 2.78. The number of urea groups is 1. The quantitative estimate of drug-likeness (QED) is 0.544. The van der Waals surface area contributed by atoms with Gasteiger partial charge in [0.2, 0.25) is 0 Å². The van der Waals surface area contributed by atoms with E-state index in [2.05, 4.69) is 0 Å². The molecule has 3 N–H and O–H groups in total. The molecule has 8 heteroatoms. The summed E-state index contributed by atoms with van der Waals surface area (Å²) in [4.78, 5) is 33.4. The van der Waals surface area contributed by atoms with Crippen LogP contribution in [0.5, 0.6) is 11.5 Å². The van der Waals surface area contributed by atoms with Gasteiger partial charge in [-0.2, -0.15) is 0 Å². The van der Waals surface area contributed by atoms with Crippen LogP contribution in [0.2, 0.25) is 0 Å². The van der Waals surface area contributed by atoms with Crippen LogP contribution in [0, 0.1) is 0 Å². The standard InChI is InChI=1S/C15H20N2O6/c1-10(14(19)17-15(16)20)23-13(18)4-3-9-22-12-7-5-11(21-2)6-8-12/h5-8,10H,3-4,9H2,1-2H3,(H3,16,17,19,20)/t10-/m0/s1. The molecular weight excluding hydrogens is 304 g/mol. The maximum atomic E-state index is 11.5. The molecule has 0 radical (unpaired) electrons. The summed E-state index contributed by atoms with van der Waals surface area (Å²) in [5.74, 6) is 0.0632. The lowest BCUT2D eigenvalue weighted by Crippen LogP contribution is -2.42. The molecule has 0 spiro atoms. The van der Waals surface area contributed by atoms with E-state index in [0.29, 0.717) is 18.8 Å². The molecule has 0 fully saturated rings. The van der Waals surface area contributed by atoms with E-state index in [-0.39, 0.29) is 6.42 Å². The first-order valence-corrected chi connectivity index (χ1v) is 6.99. The average Bonchev–Trinajstić information content (AvgIpc) is 2.51. The molecule has 0 aliphatic carbocycles. The van der Waals surface area contributed by atoms with Crippen LogP contribution in [-0.2, 0) is 14.3 Å². The highest BCUT2D eigenvalue weighted by molar-refractivity contribution is 5.96. The van der Waals surface area contributed by atoms with Gasteiger partial charge >= 0.3 is 12.0 Å². The molecule has 0 unspecified atom stereocenters. The highest BCUT2D eigenvalue weighted by atomic mass is 16.5. The van der Waals surface area contributed by atoms with E-state index in [1.807, 2.05) is 5.32 Å². The van der Waals surface area contributed by atoms with Gasteiger partial charge in [0.25, 0.3) is 5.91 Å². The van der Waals surface area contributed by atoms with E-state index in [0.717, 1.165) is 5.75 Å². The predicted molar refractivity (Wildman–Crippen MR) is 81.0 cm³/mol. The number of carbonyl (C=O) groups is 3. The molecule has 1 aromatic carbocycles. The van der Waals surface area contributed by atoms with Crippen molar-refractivity contribution >= 4 is 17.9 Å². The SMILES string of the molecule is COc1ccc(OCCCC(=O)O[C@@H](C)C(=O)NC(N)=O)cc1. The molecule has 0 saturated heterocycles. The van der Waals surface area contributed by atoms with Gasteiger partial charge in [0, 0.05) is 6.42 Å². The topological polar surface area (TPSA) is 117 Å². The van der Waals surface area contributed by atoms with E-state index < -0.39 is 24.0 Å². The number of carbonyl (C=O) groups excluding carboxylic acids is 3. The van der Waals surface area contributed by atoms with Gasteiger partial charge < -0.3 is 19.9 Å². The summed E-state index contributed by atoms with van der Waals surface area (Å²) >= 11 is 0. The Labute approximate surface area is 133 Å². The molecular formula is C15H20N2O6. The summed E-state index contributed by atoms with van der Waals surface area (Å²) in [6.07, 6.45) is -0.572. The number of methoxy groups -OCH3 is 1. The zero-order valence-electron chi connectivity index (χ0n) is 13.0. The maximum absolute atomic E-state index is 11.5. The lowest BCUT2D eigenvalue weighted by molar-refractivity contribution is -0.154. The number of rotatable bonds is 8. The number of imide groups is 1. The van der Waals surface area contributed by atoms with Crippen molar-refractivity contribution in [1.29, 1.82) is 0 Å². The number of nitrogens with two attached hydrogens (primary N) is 1. The van der Waals surface area contributed by atoms with Crippen molar-refractivity contribution in [3.8, 4) is 11.5 Å². The lowest BCUT2D eigenvalue weighted by atomic mass is 10.3. The lowest BCUT2D eigenvalue weighted by Gasteiger charge is -2.12. The van der Waals surface area contributed by atoms with Crippen LogP contribution >= 0.6 is 0 Å². The molecule has 1 rings (SSSR count). The number of benzene rings is 1. The fourth-order valence-electron chi connectivity index (χ4n) is 1.61. The fraction of sp³-hybridized carbons (Fsp3) is 0.400. The van der Waals surface area contributed by atoms with Crippen molar-refractivity contribution in [2.24, 2.45) is 5.73 Å². The number of ether oxygens (including phenoxy) is 3. The highest BCUT2D eigenvalue weighted by Gasteiger charge is 2.18. The molecule has 0 aliphatic rings. The Morgan fingerprint density at radius 3 is 2.35 bits per heavy atom. The Kier molecular flexibility index (Phi) is 7.38. The van der Waals surface area contributed by atoms with Gasteiger partial charge in [0.15, 0.2) is 6.10 Å². The Balaban J connectivity index is 2.23. The molecule has 0 bridgehead atoms. The van der Waals surface area contributed by atoms with E-state index in [4.69, 9.17) is 19.9 Å². The summed E-state index contributed by atoms with van der Waals surface area (Å²) in [6.45, 7) is 1.67. The van der Waals surface area contributed by atoms with Crippen LogP contribution in [0.15, 0.2) is 24.3 Å². The van der Waals surface area contributed by atoms with Crippen LogP contribution in [0.4, 0.5) is 4.79 Å². The molecule has 1 atom stereocenters. The second-order valence-electron chi connectivity index (χ2n) is 4.61. The van der Waals surface area contributed by atoms with Gasteiger partial charge in [-0.05, 0) is 37.6 Å². The monoisotopic (exact) mass is 324 g/mol. The molecule has 126 valence electrons. The number of hydrogen-bond acceptors (Lipinski definition) is 6. The first-order chi connectivity index (χ1) is 10.9. The Hall–Kier alpha value is -2.77. The van der Waals surface area contributed by atoms with Crippen LogP contribution in [0.1, 0.15) is 19.8 Å². The van der Waals surface area contributed by atoms with E-state index in [1.165, 1.54) is 6.92 Å². The third-order valence-electron chi connectivity index (χ3n) is 2.78. The summed E-state index contributed by atoms with van der Waals surface area (Å²) in [7, 11) is 1.58. The zero-order chi connectivity index (χ0) is 17.2. The molecule has 8 nitrogen and oxygen atoms in total. The summed E-state index contributed by atoms with van der Waals surface area (Å²) in [5, 5.41) is 1.83. The smallest absolute Gasteiger partial charge is 0.318 e. The van der Waals surface area contributed by atoms with E-state index in [1.54, 1.807) is 31.4 Å². The minimum atomic E-state index is -1.09. The van der Waals surface area contributed by atoms with Crippen molar-refractivity contribution in [1.82, 2.24) is 5.32 Å². The number of esters is 1. The molecule has 0 saturated carbocycles. The summed E-state index contributed by atoms with van der Waals surface area (Å²) in [6, 6.07) is 6.05. The second kappa shape index (κ2) is 9.29. The van der Waals surface area contributed by atoms with Crippen molar-refractivity contribution in [3.05, 3.63) is 24.3 Å². The van der Waals surface area contributed by atoms with E-state index in [9.17, 15) is 14.4 Å². The van der Waals surface area contributed by atoms with E-state index >= 15 is 0 Å².